The maximum absolute atomic E-state index is 5.38. The fourth-order valence-electron chi connectivity index (χ4n) is 1.99. The number of terminal acetylenes is 1. The van der Waals surface area contributed by atoms with Crippen molar-refractivity contribution >= 4 is 10.8 Å². The van der Waals surface area contributed by atoms with Crippen molar-refractivity contribution in [3.8, 4) is 18.1 Å². The second-order valence-corrected chi connectivity index (χ2v) is 4.24. The van der Waals surface area contributed by atoms with Crippen molar-refractivity contribution in [2.24, 2.45) is 0 Å². The van der Waals surface area contributed by atoms with Gasteiger partial charge in [0, 0.05) is 11.9 Å². The summed E-state index contributed by atoms with van der Waals surface area (Å²) >= 11 is 0. The lowest BCUT2D eigenvalue weighted by molar-refractivity contribution is 0.419. The molecule has 18 heavy (non-hydrogen) atoms. The molecule has 0 aliphatic carbocycles. The second kappa shape index (κ2) is 5.57. The average molecular weight is 239 g/mol. The third kappa shape index (κ3) is 2.47. The molecule has 2 aromatic rings. The van der Waals surface area contributed by atoms with Crippen molar-refractivity contribution in [3.63, 3.8) is 0 Å². The van der Waals surface area contributed by atoms with Gasteiger partial charge in [0.2, 0.25) is 0 Å². The lowest BCUT2D eigenvalue weighted by Crippen LogP contribution is -2.23. The first kappa shape index (κ1) is 12.5. The van der Waals surface area contributed by atoms with E-state index in [1.165, 1.54) is 10.9 Å². The number of hydrogen-bond acceptors (Lipinski definition) is 2. The van der Waals surface area contributed by atoms with Gasteiger partial charge in [-0.2, -0.15) is 0 Å². The quantitative estimate of drug-likeness (QED) is 0.828. The standard InChI is InChI=1S/C16H17NO/c1-4-12(2)17-11-13-9-10-16(18-3)15-8-6-5-7-14(13)15/h1,5-10,12,17H,11H2,2-3H3. The summed E-state index contributed by atoms with van der Waals surface area (Å²) in [6.07, 6.45) is 5.36. The molecule has 2 nitrogen and oxygen atoms in total. The fourth-order valence-corrected chi connectivity index (χ4v) is 1.99. The van der Waals surface area contributed by atoms with Gasteiger partial charge in [0.1, 0.15) is 5.75 Å². The average Bonchev–Trinajstić information content (AvgIpc) is 2.44. The zero-order valence-corrected chi connectivity index (χ0v) is 10.7. The van der Waals surface area contributed by atoms with Crippen LogP contribution in [0.15, 0.2) is 36.4 Å². The third-order valence-electron chi connectivity index (χ3n) is 3.04. The van der Waals surface area contributed by atoms with E-state index in [0.29, 0.717) is 0 Å². The van der Waals surface area contributed by atoms with E-state index in [1.54, 1.807) is 7.11 Å². The maximum Gasteiger partial charge on any atom is 0.126 e. The summed E-state index contributed by atoms with van der Waals surface area (Å²) in [6.45, 7) is 2.74. The second-order valence-electron chi connectivity index (χ2n) is 4.24. The van der Waals surface area contributed by atoms with Gasteiger partial charge in [-0.05, 0) is 23.9 Å². The Morgan fingerprint density at radius 3 is 2.61 bits per heavy atom. The number of nitrogens with one attached hydrogen (secondary N) is 1. The summed E-state index contributed by atoms with van der Waals surface area (Å²) in [5.74, 6) is 3.57. The largest absolute Gasteiger partial charge is 0.496 e. The summed E-state index contributed by atoms with van der Waals surface area (Å²) in [4.78, 5) is 0. The van der Waals surface area contributed by atoms with Crippen molar-refractivity contribution in [3.05, 3.63) is 42.0 Å². The first-order chi connectivity index (χ1) is 8.76. The van der Waals surface area contributed by atoms with Gasteiger partial charge >= 0.3 is 0 Å². The Hall–Kier alpha value is -1.98. The molecular formula is C16H17NO. The minimum Gasteiger partial charge on any atom is -0.496 e. The van der Waals surface area contributed by atoms with Crippen molar-refractivity contribution in [1.82, 2.24) is 5.32 Å². The number of rotatable bonds is 4. The lowest BCUT2D eigenvalue weighted by Gasteiger charge is -2.12. The van der Waals surface area contributed by atoms with E-state index in [2.05, 4.69) is 29.4 Å². The monoisotopic (exact) mass is 239 g/mol. The molecule has 0 spiro atoms. The Morgan fingerprint density at radius 2 is 1.94 bits per heavy atom. The van der Waals surface area contributed by atoms with Crippen molar-refractivity contribution < 1.29 is 4.74 Å². The molecule has 0 saturated carbocycles. The van der Waals surface area contributed by atoms with E-state index in [0.717, 1.165) is 17.7 Å². The van der Waals surface area contributed by atoms with Crippen LogP contribution in [-0.2, 0) is 6.54 Å². The Labute approximate surface area is 108 Å². The molecule has 0 bridgehead atoms. The van der Waals surface area contributed by atoms with E-state index in [1.807, 2.05) is 25.1 Å². The predicted molar refractivity (Wildman–Crippen MR) is 75.6 cm³/mol. The molecule has 92 valence electrons. The highest BCUT2D eigenvalue weighted by Crippen LogP contribution is 2.28. The smallest absolute Gasteiger partial charge is 0.126 e. The Kier molecular flexibility index (Phi) is 3.86. The number of ether oxygens (including phenoxy) is 1. The van der Waals surface area contributed by atoms with Gasteiger partial charge in [-0.15, -0.1) is 6.42 Å². The Bertz CT molecular complexity index is 583. The summed E-state index contributed by atoms with van der Waals surface area (Å²) in [6, 6.07) is 12.4. The minimum atomic E-state index is 0.0749. The molecule has 2 aromatic carbocycles. The third-order valence-corrected chi connectivity index (χ3v) is 3.04. The molecule has 1 N–H and O–H groups in total. The van der Waals surface area contributed by atoms with Gasteiger partial charge in [-0.3, -0.25) is 5.32 Å². The zero-order valence-electron chi connectivity index (χ0n) is 10.7. The number of methoxy groups -OCH3 is 1. The van der Waals surface area contributed by atoms with Crippen LogP contribution in [0.1, 0.15) is 12.5 Å². The molecule has 0 saturated heterocycles. The molecule has 1 unspecified atom stereocenters. The van der Waals surface area contributed by atoms with Crippen LogP contribution in [-0.4, -0.2) is 13.2 Å². The van der Waals surface area contributed by atoms with Crippen LogP contribution >= 0.6 is 0 Å². The van der Waals surface area contributed by atoms with E-state index < -0.39 is 0 Å². The van der Waals surface area contributed by atoms with Crippen LogP contribution in [0.5, 0.6) is 5.75 Å². The predicted octanol–water partition coefficient (Wildman–Crippen LogP) is 2.96. The van der Waals surface area contributed by atoms with Gasteiger partial charge in [-0.1, -0.05) is 36.3 Å². The molecular weight excluding hydrogens is 222 g/mol. The molecule has 2 heteroatoms. The van der Waals surface area contributed by atoms with Crippen molar-refractivity contribution in [1.29, 1.82) is 0 Å². The Morgan fingerprint density at radius 1 is 1.22 bits per heavy atom. The molecule has 0 radical (unpaired) electrons. The first-order valence-electron chi connectivity index (χ1n) is 6.00. The SMILES string of the molecule is C#CC(C)NCc1ccc(OC)c2ccccc12. The highest BCUT2D eigenvalue weighted by atomic mass is 16.5. The van der Waals surface area contributed by atoms with Crippen LogP contribution in [0.3, 0.4) is 0 Å². The molecule has 0 aliphatic rings. The summed E-state index contributed by atoms with van der Waals surface area (Å²) in [5, 5.41) is 5.64. The van der Waals surface area contributed by atoms with Gasteiger partial charge in [0.05, 0.1) is 13.2 Å². The molecule has 0 heterocycles. The molecule has 0 amide bonds. The number of benzene rings is 2. The van der Waals surface area contributed by atoms with Crippen LogP contribution in [0, 0.1) is 12.3 Å². The van der Waals surface area contributed by atoms with Gasteiger partial charge in [-0.25, -0.2) is 0 Å². The van der Waals surface area contributed by atoms with Crippen molar-refractivity contribution in [2.45, 2.75) is 19.5 Å². The van der Waals surface area contributed by atoms with Gasteiger partial charge < -0.3 is 4.74 Å². The highest BCUT2D eigenvalue weighted by molar-refractivity contribution is 5.91. The van der Waals surface area contributed by atoms with E-state index in [-0.39, 0.29) is 6.04 Å². The lowest BCUT2D eigenvalue weighted by atomic mass is 10.0. The summed E-state index contributed by atoms with van der Waals surface area (Å²) in [5.41, 5.74) is 1.23. The topological polar surface area (TPSA) is 21.3 Å². The fraction of sp³-hybridized carbons (Fsp3) is 0.250. The van der Waals surface area contributed by atoms with Gasteiger partial charge in [0.25, 0.3) is 0 Å². The normalized spacial score (nSPS) is 12.1. The maximum atomic E-state index is 5.38. The molecule has 0 aliphatic heterocycles. The number of fused-ring (bicyclic) bond motifs is 1. The van der Waals surface area contributed by atoms with Crippen LogP contribution in [0.25, 0.3) is 10.8 Å². The summed E-state index contributed by atoms with van der Waals surface area (Å²) in [7, 11) is 1.69. The number of hydrogen-bond donors (Lipinski definition) is 1. The van der Waals surface area contributed by atoms with Gasteiger partial charge in [0.15, 0.2) is 0 Å². The van der Waals surface area contributed by atoms with Crippen molar-refractivity contribution in [2.75, 3.05) is 7.11 Å². The van der Waals surface area contributed by atoms with E-state index in [4.69, 9.17) is 11.2 Å². The van der Waals surface area contributed by atoms with E-state index >= 15 is 0 Å². The zero-order chi connectivity index (χ0) is 13.0. The Balaban J connectivity index is 2.38. The molecule has 0 fully saturated rings. The van der Waals surface area contributed by atoms with E-state index in [9.17, 15) is 0 Å². The first-order valence-corrected chi connectivity index (χ1v) is 6.00. The molecule has 2 rings (SSSR count). The van der Waals surface area contributed by atoms with Crippen LogP contribution < -0.4 is 10.1 Å². The highest BCUT2D eigenvalue weighted by Gasteiger charge is 2.06. The molecule has 1 atom stereocenters. The minimum absolute atomic E-state index is 0.0749. The summed E-state index contributed by atoms with van der Waals surface area (Å²) < 4.78 is 5.38. The van der Waals surface area contributed by atoms with Crippen LogP contribution in [0.2, 0.25) is 0 Å². The van der Waals surface area contributed by atoms with Crippen LogP contribution in [0.4, 0.5) is 0 Å². The molecule has 0 aromatic heterocycles.